The van der Waals surface area contributed by atoms with Crippen LogP contribution in [0.4, 0.5) is 5.69 Å². The van der Waals surface area contributed by atoms with Gasteiger partial charge in [0.05, 0.1) is 12.1 Å². The highest BCUT2D eigenvalue weighted by molar-refractivity contribution is 6.03. The molecule has 24 heavy (non-hydrogen) atoms. The van der Waals surface area contributed by atoms with Crippen molar-refractivity contribution >= 4 is 23.5 Å². The zero-order valence-electron chi connectivity index (χ0n) is 14.1. The van der Waals surface area contributed by atoms with Gasteiger partial charge in [0.1, 0.15) is 12.3 Å². The van der Waals surface area contributed by atoms with Crippen molar-refractivity contribution in [3.8, 4) is 5.75 Å². The van der Waals surface area contributed by atoms with Crippen LogP contribution in [0.15, 0.2) is 18.2 Å². The summed E-state index contributed by atoms with van der Waals surface area (Å²) in [4.78, 5) is 38.3. The molecule has 1 heterocycles. The first kappa shape index (κ1) is 17.8. The molecule has 0 aliphatic carbocycles. The Morgan fingerprint density at radius 2 is 2.08 bits per heavy atom. The molecule has 1 N–H and O–H groups in total. The number of anilines is 1. The molecule has 2 rings (SSSR count). The van der Waals surface area contributed by atoms with Crippen molar-refractivity contribution in [3.05, 3.63) is 23.8 Å². The third-order valence-electron chi connectivity index (χ3n) is 3.97. The molecule has 7 nitrogen and oxygen atoms in total. The van der Waals surface area contributed by atoms with Crippen LogP contribution in [0.3, 0.4) is 0 Å². The van der Waals surface area contributed by atoms with Crippen molar-refractivity contribution in [2.45, 2.75) is 32.8 Å². The number of likely N-dealkylation sites (N-methyl/N-ethyl adjacent to an activating group) is 1. The second kappa shape index (κ2) is 7.33. The van der Waals surface area contributed by atoms with Gasteiger partial charge in [-0.2, -0.15) is 0 Å². The maximum Gasteiger partial charge on any atom is 0.305 e. The molecule has 1 aliphatic heterocycles. The van der Waals surface area contributed by atoms with Gasteiger partial charge in [0.25, 0.3) is 5.91 Å². The van der Waals surface area contributed by atoms with E-state index < -0.39 is 12.1 Å². The third kappa shape index (κ3) is 3.84. The number of aliphatic carboxylic acids is 1. The summed E-state index contributed by atoms with van der Waals surface area (Å²) in [5, 5.41) is 8.72. The molecule has 1 unspecified atom stereocenters. The molecule has 0 fully saturated rings. The molecule has 1 aromatic carbocycles. The molecular weight excluding hydrogens is 312 g/mol. The molecule has 130 valence electrons. The summed E-state index contributed by atoms with van der Waals surface area (Å²) in [6, 6.07) is 5.50. The van der Waals surface area contributed by atoms with Crippen molar-refractivity contribution in [1.82, 2.24) is 4.90 Å². The first-order valence-electron chi connectivity index (χ1n) is 7.88. The first-order valence-corrected chi connectivity index (χ1v) is 7.88. The van der Waals surface area contributed by atoms with Gasteiger partial charge < -0.3 is 14.7 Å². The molecule has 1 aromatic rings. The monoisotopic (exact) mass is 334 g/mol. The van der Waals surface area contributed by atoms with Gasteiger partial charge in [0, 0.05) is 13.6 Å². The molecule has 0 saturated heterocycles. The quantitative estimate of drug-likeness (QED) is 0.850. The average Bonchev–Trinajstić information content (AvgIpc) is 2.54. The Morgan fingerprint density at radius 1 is 1.38 bits per heavy atom. The summed E-state index contributed by atoms with van der Waals surface area (Å²) in [7, 11) is 1.53. The number of hydrogen-bond acceptors (Lipinski definition) is 4. The predicted molar refractivity (Wildman–Crippen MR) is 88.1 cm³/mol. The zero-order chi connectivity index (χ0) is 17.9. The first-order chi connectivity index (χ1) is 11.3. The lowest BCUT2D eigenvalue weighted by molar-refractivity contribution is -0.138. The number of rotatable bonds is 6. The number of aryl methyl sites for hydroxylation is 1. The van der Waals surface area contributed by atoms with Crippen molar-refractivity contribution in [3.63, 3.8) is 0 Å². The summed E-state index contributed by atoms with van der Waals surface area (Å²) in [5.74, 6) is -0.957. The van der Waals surface area contributed by atoms with Crippen LogP contribution >= 0.6 is 0 Å². The van der Waals surface area contributed by atoms with Gasteiger partial charge in [-0.3, -0.25) is 19.3 Å². The number of carboxylic acid groups (broad SMARTS) is 1. The number of fused-ring (bicyclic) bond motifs is 1. The van der Waals surface area contributed by atoms with Crippen LogP contribution in [0.2, 0.25) is 0 Å². The Morgan fingerprint density at radius 3 is 2.71 bits per heavy atom. The Kier molecular flexibility index (Phi) is 5.43. The van der Waals surface area contributed by atoms with Crippen molar-refractivity contribution < 1.29 is 24.2 Å². The highest BCUT2D eigenvalue weighted by Gasteiger charge is 2.34. The summed E-state index contributed by atoms with van der Waals surface area (Å²) in [5.41, 5.74) is 1.53. The Labute approximate surface area is 140 Å². The number of carbonyl (C=O) groups excluding carboxylic acids is 2. The van der Waals surface area contributed by atoms with E-state index in [0.717, 1.165) is 5.56 Å². The molecule has 1 aliphatic rings. The summed E-state index contributed by atoms with van der Waals surface area (Å²) in [6.07, 6.45) is -0.240. The van der Waals surface area contributed by atoms with Crippen LogP contribution in [0.25, 0.3) is 0 Å². The van der Waals surface area contributed by atoms with E-state index in [1.54, 1.807) is 6.07 Å². The van der Waals surface area contributed by atoms with E-state index in [1.807, 2.05) is 26.0 Å². The molecule has 0 aromatic heterocycles. The van der Waals surface area contributed by atoms with Gasteiger partial charge in [-0.15, -0.1) is 0 Å². The average molecular weight is 334 g/mol. The number of nitrogens with zero attached hydrogens (tertiary/aromatic N) is 2. The van der Waals surface area contributed by atoms with E-state index in [9.17, 15) is 14.4 Å². The maximum absolute atomic E-state index is 12.6. The van der Waals surface area contributed by atoms with Crippen LogP contribution in [0.5, 0.6) is 5.75 Å². The molecule has 0 radical (unpaired) electrons. The van der Waals surface area contributed by atoms with Gasteiger partial charge in [-0.1, -0.05) is 13.0 Å². The topological polar surface area (TPSA) is 87.2 Å². The standard InChI is InChI=1S/C17H22N2O5/c1-4-13-17(23)19(10-15(20)18(3)8-7-16(21)22)12-9-11(2)5-6-14(12)24-13/h5-6,9,13H,4,7-8,10H2,1-3H3,(H,21,22). The van der Waals surface area contributed by atoms with Crippen LogP contribution < -0.4 is 9.64 Å². The minimum absolute atomic E-state index is 0.102. The SMILES string of the molecule is CCC1Oc2ccc(C)cc2N(CC(=O)N(C)CCC(=O)O)C1=O. The molecule has 0 saturated carbocycles. The van der Waals surface area contributed by atoms with E-state index in [1.165, 1.54) is 16.8 Å². The summed E-state index contributed by atoms with van der Waals surface area (Å²) < 4.78 is 5.71. The lowest BCUT2D eigenvalue weighted by Crippen LogP contribution is -2.50. The number of amides is 2. The van der Waals surface area contributed by atoms with E-state index >= 15 is 0 Å². The fourth-order valence-electron chi connectivity index (χ4n) is 2.50. The van der Waals surface area contributed by atoms with Crippen molar-refractivity contribution in [2.24, 2.45) is 0 Å². The Balaban J connectivity index is 2.21. The number of carbonyl (C=O) groups is 3. The normalized spacial score (nSPS) is 16.4. The Hall–Kier alpha value is -2.57. The smallest absolute Gasteiger partial charge is 0.305 e. The molecule has 2 amide bonds. The lowest BCUT2D eigenvalue weighted by atomic mass is 10.1. The minimum Gasteiger partial charge on any atom is -0.481 e. The van der Waals surface area contributed by atoms with Crippen molar-refractivity contribution in [1.29, 1.82) is 0 Å². The van der Waals surface area contributed by atoms with E-state index in [2.05, 4.69) is 0 Å². The predicted octanol–water partition coefficient (Wildman–Crippen LogP) is 1.43. The minimum atomic E-state index is -0.968. The molecule has 1 atom stereocenters. The molecule has 0 bridgehead atoms. The highest BCUT2D eigenvalue weighted by Crippen LogP contribution is 2.35. The van der Waals surface area contributed by atoms with Gasteiger partial charge >= 0.3 is 5.97 Å². The number of ether oxygens (including phenoxy) is 1. The van der Waals surface area contributed by atoms with Crippen molar-refractivity contribution in [2.75, 3.05) is 25.0 Å². The number of benzene rings is 1. The van der Waals surface area contributed by atoms with E-state index in [0.29, 0.717) is 17.9 Å². The zero-order valence-corrected chi connectivity index (χ0v) is 14.1. The fraction of sp³-hybridized carbons (Fsp3) is 0.471. The molecule has 7 heteroatoms. The van der Waals surface area contributed by atoms with Gasteiger partial charge in [0.2, 0.25) is 5.91 Å². The van der Waals surface area contributed by atoms with E-state index in [-0.39, 0.29) is 31.3 Å². The Bertz CT molecular complexity index is 658. The summed E-state index contributed by atoms with van der Waals surface area (Å²) >= 11 is 0. The molecule has 0 spiro atoms. The second-order valence-electron chi connectivity index (χ2n) is 5.87. The van der Waals surface area contributed by atoms with Crippen LogP contribution in [-0.4, -0.2) is 54.0 Å². The van der Waals surface area contributed by atoms with Crippen LogP contribution in [0.1, 0.15) is 25.3 Å². The lowest BCUT2D eigenvalue weighted by Gasteiger charge is -2.34. The largest absolute Gasteiger partial charge is 0.481 e. The van der Waals surface area contributed by atoms with Gasteiger partial charge in [-0.05, 0) is 31.0 Å². The van der Waals surface area contributed by atoms with Crippen LogP contribution in [-0.2, 0) is 14.4 Å². The fourth-order valence-corrected chi connectivity index (χ4v) is 2.50. The summed E-state index contributed by atoms with van der Waals surface area (Å²) in [6.45, 7) is 3.71. The highest BCUT2D eigenvalue weighted by atomic mass is 16.5. The second-order valence-corrected chi connectivity index (χ2v) is 5.87. The maximum atomic E-state index is 12.6. The van der Waals surface area contributed by atoms with Gasteiger partial charge in [-0.25, -0.2) is 0 Å². The van der Waals surface area contributed by atoms with Crippen LogP contribution in [0, 0.1) is 6.92 Å². The van der Waals surface area contributed by atoms with Gasteiger partial charge in [0.15, 0.2) is 6.10 Å². The van der Waals surface area contributed by atoms with E-state index in [4.69, 9.17) is 9.84 Å². The number of carboxylic acids is 1. The third-order valence-corrected chi connectivity index (χ3v) is 3.97. The molecular formula is C17H22N2O5. The number of hydrogen-bond donors (Lipinski definition) is 1.